The Morgan fingerprint density at radius 1 is 1.11 bits per heavy atom. The van der Waals surface area contributed by atoms with E-state index in [9.17, 15) is 9.90 Å². The zero-order valence-electron chi connectivity index (χ0n) is 17.7. The number of amides is 1. The molecule has 6 nitrogen and oxygen atoms in total. The summed E-state index contributed by atoms with van der Waals surface area (Å²) in [6, 6.07) is 5.74. The number of aliphatic hydroxyl groups is 1. The number of piperidine rings is 2. The second kappa shape index (κ2) is 7.82. The van der Waals surface area contributed by atoms with Crippen molar-refractivity contribution in [1.29, 1.82) is 0 Å². The largest absolute Gasteiger partial charge is 0.497 e. The highest BCUT2D eigenvalue weighted by atomic mass is 16.6. The molecular weight excluding hydrogens is 358 g/mol. The number of nitrogens with zero attached hydrogens (tertiary/aromatic N) is 1. The van der Waals surface area contributed by atoms with Gasteiger partial charge in [-0.1, -0.05) is 0 Å². The molecule has 3 rings (SSSR count). The summed E-state index contributed by atoms with van der Waals surface area (Å²) in [5.74, 6) is 1.42. The maximum atomic E-state index is 12.8. The lowest BCUT2D eigenvalue weighted by atomic mass is 9.73. The summed E-state index contributed by atoms with van der Waals surface area (Å²) in [7, 11) is 3.24. The van der Waals surface area contributed by atoms with E-state index in [1.165, 1.54) is 0 Å². The Morgan fingerprint density at radius 3 is 2.11 bits per heavy atom. The molecule has 2 bridgehead atoms. The first-order chi connectivity index (χ1) is 13.1. The summed E-state index contributed by atoms with van der Waals surface area (Å²) in [6.07, 6.45) is 4.25. The molecule has 2 fully saturated rings. The summed E-state index contributed by atoms with van der Waals surface area (Å²) >= 11 is 0. The molecule has 28 heavy (non-hydrogen) atoms. The summed E-state index contributed by atoms with van der Waals surface area (Å²) in [5.41, 5.74) is -0.399. The number of rotatable bonds is 4. The van der Waals surface area contributed by atoms with Gasteiger partial charge in [-0.15, -0.1) is 0 Å². The first-order valence-corrected chi connectivity index (χ1v) is 10.1. The summed E-state index contributed by atoms with van der Waals surface area (Å²) in [5, 5.41) is 11.4. The van der Waals surface area contributed by atoms with E-state index in [1.807, 2.05) is 43.9 Å². The number of hydrogen-bond donors (Lipinski definition) is 1. The third kappa shape index (κ3) is 4.72. The average Bonchev–Trinajstić information content (AvgIpc) is 2.58. The van der Waals surface area contributed by atoms with Gasteiger partial charge in [-0.25, -0.2) is 4.79 Å². The van der Waals surface area contributed by atoms with Crippen molar-refractivity contribution in [3.05, 3.63) is 23.8 Å². The molecule has 1 N–H and O–H groups in total. The van der Waals surface area contributed by atoms with Crippen LogP contribution in [0, 0.1) is 0 Å². The molecule has 0 spiro atoms. The van der Waals surface area contributed by atoms with Crippen molar-refractivity contribution >= 4 is 6.09 Å². The normalized spacial score (nSPS) is 27.3. The van der Waals surface area contributed by atoms with Crippen molar-refractivity contribution in [3.8, 4) is 11.5 Å². The van der Waals surface area contributed by atoms with Crippen LogP contribution in [-0.2, 0) is 11.2 Å². The third-order valence-electron chi connectivity index (χ3n) is 5.64. The lowest BCUT2D eigenvalue weighted by molar-refractivity contribution is -0.0919. The number of carbonyl (C=O) groups excluding carboxylic acids is 1. The zero-order chi connectivity index (χ0) is 20.5. The monoisotopic (exact) mass is 391 g/mol. The van der Waals surface area contributed by atoms with Crippen molar-refractivity contribution in [1.82, 2.24) is 4.90 Å². The minimum absolute atomic E-state index is 0.0138. The molecule has 1 aromatic rings. The van der Waals surface area contributed by atoms with Gasteiger partial charge in [-0.3, -0.25) is 0 Å². The summed E-state index contributed by atoms with van der Waals surface area (Å²) in [4.78, 5) is 14.6. The molecule has 2 saturated heterocycles. The number of benzene rings is 1. The molecule has 2 unspecified atom stereocenters. The summed E-state index contributed by atoms with van der Waals surface area (Å²) < 4.78 is 16.3. The lowest BCUT2D eigenvalue weighted by Crippen LogP contribution is -2.61. The van der Waals surface area contributed by atoms with Gasteiger partial charge in [0.1, 0.15) is 17.1 Å². The van der Waals surface area contributed by atoms with Crippen LogP contribution in [0.4, 0.5) is 4.79 Å². The maximum Gasteiger partial charge on any atom is 0.410 e. The molecule has 2 aliphatic rings. The average molecular weight is 392 g/mol. The number of fused-ring (bicyclic) bond motifs is 2. The fourth-order valence-electron chi connectivity index (χ4n) is 4.63. The molecule has 0 aromatic heterocycles. The van der Waals surface area contributed by atoms with Crippen molar-refractivity contribution < 1.29 is 24.1 Å². The van der Waals surface area contributed by atoms with E-state index < -0.39 is 11.2 Å². The van der Waals surface area contributed by atoms with Crippen LogP contribution in [0.5, 0.6) is 11.5 Å². The Morgan fingerprint density at radius 2 is 1.64 bits per heavy atom. The van der Waals surface area contributed by atoms with Crippen LogP contribution in [0.25, 0.3) is 0 Å². The van der Waals surface area contributed by atoms with Crippen molar-refractivity contribution in [3.63, 3.8) is 0 Å². The van der Waals surface area contributed by atoms with Crippen LogP contribution in [0.1, 0.15) is 58.4 Å². The Balaban J connectivity index is 1.78. The highest BCUT2D eigenvalue weighted by molar-refractivity contribution is 5.69. The molecular formula is C22H33NO5. The van der Waals surface area contributed by atoms with Gasteiger partial charge in [0.2, 0.25) is 0 Å². The number of ether oxygens (including phenoxy) is 3. The van der Waals surface area contributed by atoms with Crippen LogP contribution in [0.3, 0.4) is 0 Å². The minimum atomic E-state index is -0.856. The van der Waals surface area contributed by atoms with Gasteiger partial charge in [0, 0.05) is 24.6 Å². The highest BCUT2D eigenvalue weighted by Crippen LogP contribution is 2.42. The predicted molar refractivity (Wildman–Crippen MR) is 107 cm³/mol. The quantitative estimate of drug-likeness (QED) is 0.842. The molecule has 2 heterocycles. The van der Waals surface area contributed by atoms with Gasteiger partial charge in [0.25, 0.3) is 0 Å². The molecule has 1 amide bonds. The fourth-order valence-corrected chi connectivity index (χ4v) is 4.63. The number of methoxy groups -OCH3 is 2. The van der Waals surface area contributed by atoms with Gasteiger partial charge in [-0.05, 0) is 70.6 Å². The Hall–Kier alpha value is -1.95. The van der Waals surface area contributed by atoms with E-state index in [4.69, 9.17) is 14.2 Å². The van der Waals surface area contributed by atoms with E-state index in [2.05, 4.69) is 0 Å². The van der Waals surface area contributed by atoms with Gasteiger partial charge in [-0.2, -0.15) is 0 Å². The molecule has 0 radical (unpaired) electrons. The van der Waals surface area contributed by atoms with E-state index >= 15 is 0 Å². The molecule has 0 aliphatic carbocycles. The maximum absolute atomic E-state index is 12.8. The van der Waals surface area contributed by atoms with E-state index in [0.717, 1.165) is 24.8 Å². The minimum Gasteiger partial charge on any atom is -0.497 e. The Bertz CT molecular complexity index is 675. The van der Waals surface area contributed by atoms with Crippen LogP contribution in [0.15, 0.2) is 18.2 Å². The predicted octanol–water partition coefficient (Wildman–Crippen LogP) is 3.93. The van der Waals surface area contributed by atoms with Crippen molar-refractivity contribution in [2.75, 3.05) is 14.2 Å². The molecule has 6 heteroatoms. The standard InChI is InChI=1S/C22H33NO5/c1-21(2,3)28-20(24)23-16-7-6-8-17(23)14-22(25,13-16)12-15-9-18(26-4)11-19(10-15)27-5/h9-11,16-17,25H,6-8,12-14H2,1-5H3. The SMILES string of the molecule is COc1cc(CC2(O)CC3CCCC(C2)N3C(=O)OC(C)(C)C)cc(OC)c1. The molecule has 2 atom stereocenters. The Kier molecular flexibility index (Phi) is 5.80. The third-order valence-corrected chi connectivity index (χ3v) is 5.64. The smallest absolute Gasteiger partial charge is 0.410 e. The topological polar surface area (TPSA) is 68.2 Å². The van der Waals surface area contributed by atoms with Gasteiger partial charge >= 0.3 is 6.09 Å². The Labute approximate surface area is 167 Å². The lowest BCUT2D eigenvalue weighted by Gasteiger charge is -2.51. The second-order valence-electron chi connectivity index (χ2n) is 9.16. The van der Waals surface area contributed by atoms with Crippen LogP contribution >= 0.6 is 0 Å². The van der Waals surface area contributed by atoms with Gasteiger partial charge in [0.05, 0.1) is 19.8 Å². The van der Waals surface area contributed by atoms with Gasteiger partial charge in [0.15, 0.2) is 0 Å². The van der Waals surface area contributed by atoms with E-state index in [-0.39, 0.29) is 18.2 Å². The van der Waals surface area contributed by atoms with E-state index in [0.29, 0.717) is 30.8 Å². The van der Waals surface area contributed by atoms with Crippen LogP contribution < -0.4 is 9.47 Å². The van der Waals surface area contributed by atoms with Crippen molar-refractivity contribution in [2.45, 2.75) is 82.6 Å². The molecule has 156 valence electrons. The van der Waals surface area contributed by atoms with Crippen LogP contribution in [0.2, 0.25) is 0 Å². The van der Waals surface area contributed by atoms with Gasteiger partial charge < -0.3 is 24.2 Å². The first-order valence-electron chi connectivity index (χ1n) is 10.1. The number of hydrogen-bond acceptors (Lipinski definition) is 5. The molecule has 0 saturated carbocycles. The number of carbonyl (C=O) groups is 1. The first kappa shape index (κ1) is 20.8. The highest BCUT2D eigenvalue weighted by Gasteiger charge is 2.48. The fraction of sp³-hybridized carbons (Fsp3) is 0.682. The molecule has 1 aromatic carbocycles. The summed E-state index contributed by atoms with van der Waals surface area (Å²) in [6.45, 7) is 5.66. The second-order valence-corrected chi connectivity index (χ2v) is 9.16. The zero-order valence-corrected chi connectivity index (χ0v) is 17.7. The molecule has 2 aliphatic heterocycles. The van der Waals surface area contributed by atoms with Crippen molar-refractivity contribution in [2.24, 2.45) is 0 Å². The van der Waals surface area contributed by atoms with Crippen LogP contribution in [-0.4, -0.2) is 53.6 Å². The van der Waals surface area contributed by atoms with E-state index in [1.54, 1.807) is 14.2 Å².